The lowest BCUT2D eigenvalue weighted by molar-refractivity contribution is 0.971. The summed E-state index contributed by atoms with van der Waals surface area (Å²) < 4.78 is 9.20. The lowest BCUT2D eigenvalue weighted by atomic mass is 10.2. The van der Waals surface area contributed by atoms with Crippen LogP contribution in [0.1, 0.15) is 0 Å². The summed E-state index contributed by atoms with van der Waals surface area (Å²) in [6, 6.07) is 52.8. The molecule has 4 aromatic carbocycles. The zero-order chi connectivity index (χ0) is 32.8. The minimum absolute atomic E-state index is 0.803. The molecular formula is C43H27N7. The van der Waals surface area contributed by atoms with Crippen molar-refractivity contribution in [2.75, 3.05) is 0 Å². The number of aromatic nitrogens is 7. The maximum Gasteiger partial charge on any atom is 0.141 e. The number of hydrogen-bond donors (Lipinski definition) is 0. The first-order valence-electron chi connectivity index (χ1n) is 16.7. The SMILES string of the molecule is c1ccc(-n2c3ccccc3c3c4ncccc4n(-c4cccc(-n5c6cccnc6c6c7ccccc7n(-c7ccccc7)c65)n4)c32)cc1. The summed E-state index contributed by atoms with van der Waals surface area (Å²) in [5.41, 5.74) is 10.4. The molecule has 50 heavy (non-hydrogen) atoms. The van der Waals surface area contributed by atoms with Crippen molar-refractivity contribution in [2.45, 2.75) is 0 Å². The number of benzene rings is 4. The van der Waals surface area contributed by atoms with Crippen LogP contribution in [0.4, 0.5) is 0 Å². The van der Waals surface area contributed by atoms with Gasteiger partial charge in [-0.15, -0.1) is 0 Å². The molecule has 0 N–H and O–H groups in total. The van der Waals surface area contributed by atoms with Crippen molar-refractivity contribution in [3.05, 3.63) is 164 Å². The number of nitrogens with zero attached hydrogens (tertiary/aromatic N) is 7. The van der Waals surface area contributed by atoms with Crippen LogP contribution in [0.15, 0.2) is 164 Å². The summed E-state index contributed by atoms with van der Waals surface area (Å²) in [6.45, 7) is 0. The van der Waals surface area contributed by atoms with E-state index in [1.165, 1.54) is 0 Å². The maximum atomic E-state index is 5.51. The van der Waals surface area contributed by atoms with E-state index in [2.05, 4.69) is 158 Å². The third-order valence-electron chi connectivity index (χ3n) is 9.86. The van der Waals surface area contributed by atoms with E-state index in [1.807, 2.05) is 24.5 Å². The van der Waals surface area contributed by atoms with Gasteiger partial charge in [-0.25, -0.2) is 4.98 Å². The van der Waals surface area contributed by atoms with Gasteiger partial charge in [-0.05, 0) is 72.8 Å². The van der Waals surface area contributed by atoms with Gasteiger partial charge in [-0.1, -0.05) is 78.9 Å². The highest BCUT2D eigenvalue weighted by Gasteiger charge is 2.26. The Balaban J connectivity index is 1.27. The summed E-state index contributed by atoms with van der Waals surface area (Å²) in [6.07, 6.45) is 3.76. The Hall–Kier alpha value is -6.99. The highest BCUT2D eigenvalue weighted by Crippen LogP contribution is 2.42. The van der Waals surface area contributed by atoms with Gasteiger partial charge in [0.15, 0.2) is 0 Å². The van der Waals surface area contributed by atoms with Crippen LogP contribution < -0.4 is 0 Å². The molecule has 11 rings (SSSR count). The van der Waals surface area contributed by atoms with Gasteiger partial charge in [-0.2, -0.15) is 0 Å². The summed E-state index contributed by atoms with van der Waals surface area (Å²) in [4.78, 5) is 15.4. The topological polar surface area (TPSA) is 58.4 Å². The minimum atomic E-state index is 0.803. The van der Waals surface area contributed by atoms with E-state index >= 15 is 0 Å². The predicted octanol–water partition coefficient (Wildman–Crippen LogP) is 9.95. The second kappa shape index (κ2) is 10.3. The van der Waals surface area contributed by atoms with Crippen LogP contribution in [0.25, 0.3) is 88.9 Å². The molecule has 0 amide bonds. The van der Waals surface area contributed by atoms with E-state index in [-0.39, 0.29) is 0 Å². The fraction of sp³-hybridized carbons (Fsp3) is 0. The van der Waals surface area contributed by atoms with E-state index in [0.717, 1.165) is 88.9 Å². The van der Waals surface area contributed by atoms with Crippen molar-refractivity contribution >= 4 is 65.9 Å². The molecule has 0 aliphatic carbocycles. The molecular weight excluding hydrogens is 615 g/mol. The van der Waals surface area contributed by atoms with Crippen molar-refractivity contribution in [3.8, 4) is 23.0 Å². The van der Waals surface area contributed by atoms with Crippen molar-refractivity contribution in [1.82, 2.24) is 33.2 Å². The van der Waals surface area contributed by atoms with Crippen molar-refractivity contribution in [2.24, 2.45) is 0 Å². The molecule has 7 heterocycles. The fourth-order valence-electron chi connectivity index (χ4n) is 7.91. The molecule has 0 aliphatic rings. The molecule has 0 unspecified atom stereocenters. The second-order valence-electron chi connectivity index (χ2n) is 12.5. The Labute approximate surface area is 285 Å². The number of rotatable bonds is 4. The largest absolute Gasteiger partial charge is 0.295 e. The molecule has 0 saturated heterocycles. The van der Waals surface area contributed by atoms with Gasteiger partial charge in [0.1, 0.15) is 22.9 Å². The third-order valence-corrected chi connectivity index (χ3v) is 9.86. The van der Waals surface area contributed by atoms with Crippen molar-refractivity contribution in [1.29, 1.82) is 0 Å². The average molecular weight is 642 g/mol. The average Bonchev–Trinajstić information content (AvgIpc) is 3.90. The Kier molecular flexibility index (Phi) is 5.54. The summed E-state index contributed by atoms with van der Waals surface area (Å²) in [5.74, 6) is 1.61. The minimum Gasteiger partial charge on any atom is -0.295 e. The molecule has 234 valence electrons. The molecule has 11 aromatic rings. The highest BCUT2D eigenvalue weighted by atomic mass is 15.2. The van der Waals surface area contributed by atoms with Gasteiger partial charge >= 0.3 is 0 Å². The van der Waals surface area contributed by atoms with Gasteiger partial charge in [0.25, 0.3) is 0 Å². The van der Waals surface area contributed by atoms with Gasteiger partial charge in [0.05, 0.1) is 43.9 Å². The number of hydrogen-bond acceptors (Lipinski definition) is 3. The monoisotopic (exact) mass is 641 g/mol. The molecule has 7 aromatic heterocycles. The molecule has 0 fully saturated rings. The summed E-state index contributed by atoms with van der Waals surface area (Å²) in [5, 5.41) is 4.52. The maximum absolute atomic E-state index is 5.51. The molecule has 0 saturated carbocycles. The second-order valence-corrected chi connectivity index (χ2v) is 12.5. The first-order valence-corrected chi connectivity index (χ1v) is 16.7. The molecule has 0 atom stereocenters. The van der Waals surface area contributed by atoms with E-state index in [0.29, 0.717) is 0 Å². The lowest BCUT2D eigenvalue weighted by Crippen LogP contribution is -2.07. The Bertz CT molecular complexity index is 2880. The predicted molar refractivity (Wildman–Crippen MR) is 202 cm³/mol. The van der Waals surface area contributed by atoms with E-state index in [9.17, 15) is 0 Å². The highest BCUT2D eigenvalue weighted by molar-refractivity contribution is 6.22. The first-order chi connectivity index (χ1) is 24.9. The summed E-state index contributed by atoms with van der Waals surface area (Å²) >= 11 is 0. The molecule has 7 nitrogen and oxygen atoms in total. The first kappa shape index (κ1) is 27.0. The molecule has 0 spiro atoms. The van der Waals surface area contributed by atoms with Crippen LogP contribution in [0.2, 0.25) is 0 Å². The van der Waals surface area contributed by atoms with E-state index in [1.54, 1.807) is 0 Å². The van der Waals surface area contributed by atoms with Crippen molar-refractivity contribution in [3.63, 3.8) is 0 Å². The zero-order valence-corrected chi connectivity index (χ0v) is 26.7. The fourth-order valence-corrected chi connectivity index (χ4v) is 7.91. The smallest absolute Gasteiger partial charge is 0.141 e. The number of para-hydroxylation sites is 4. The molecule has 0 aliphatic heterocycles. The lowest BCUT2D eigenvalue weighted by Gasteiger charge is -2.15. The van der Waals surface area contributed by atoms with Crippen LogP contribution in [-0.4, -0.2) is 33.2 Å². The zero-order valence-electron chi connectivity index (χ0n) is 26.7. The van der Waals surface area contributed by atoms with Crippen LogP contribution in [0, 0.1) is 0 Å². The third kappa shape index (κ3) is 3.60. The quantitative estimate of drug-likeness (QED) is 0.192. The Morgan fingerprint density at radius 3 is 1.24 bits per heavy atom. The number of pyridine rings is 3. The van der Waals surface area contributed by atoms with Crippen LogP contribution in [0.5, 0.6) is 0 Å². The van der Waals surface area contributed by atoms with E-state index < -0.39 is 0 Å². The molecule has 0 bridgehead atoms. The van der Waals surface area contributed by atoms with Crippen molar-refractivity contribution < 1.29 is 0 Å². The van der Waals surface area contributed by atoms with Gasteiger partial charge in [0, 0.05) is 34.5 Å². The molecule has 7 heteroatoms. The Morgan fingerprint density at radius 2 is 0.760 bits per heavy atom. The standard InChI is InChI=1S/C43H27N7/c1-3-14-28(15-4-1)47-32-20-9-7-18-30(32)38-40-34(22-12-26-44-40)49(42(38)47)36-24-11-25-37(46-36)50-35-23-13-27-45-41(35)39-31-19-8-10-21-33(31)48(43(39)50)29-16-5-2-6-17-29/h1-27H. The van der Waals surface area contributed by atoms with E-state index in [4.69, 9.17) is 15.0 Å². The number of fused-ring (bicyclic) bond motifs is 10. The summed E-state index contributed by atoms with van der Waals surface area (Å²) in [7, 11) is 0. The van der Waals surface area contributed by atoms with Gasteiger partial charge in [-0.3, -0.25) is 28.2 Å². The normalized spacial score (nSPS) is 12.0. The van der Waals surface area contributed by atoms with Crippen LogP contribution in [0.3, 0.4) is 0 Å². The Morgan fingerprint density at radius 1 is 0.340 bits per heavy atom. The van der Waals surface area contributed by atoms with Crippen LogP contribution >= 0.6 is 0 Å². The van der Waals surface area contributed by atoms with Gasteiger partial charge < -0.3 is 0 Å². The van der Waals surface area contributed by atoms with Crippen LogP contribution in [-0.2, 0) is 0 Å². The molecule has 0 radical (unpaired) electrons. The van der Waals surface area contributed by atoms with Gasteiger partial charge in [0.2, 0.25) is 0 Å².